The van der Waals surface area contributed by atoms with E-state index >= 15 is 0 Å². The van der Waals surface area contributed by atoms with Gasteiger partial charge in [0, 0.05) is 5.54 Å². The van der Waals surface area contributed by atoms with E-state index in [4.69, 9.17) is 12.2 Å². The number of amides is 1. The second kappa shape index (κ2) is 4.98. The summed E-state index contributed by atoms with van der Waals surface area (Å²) in [6.45, 7) is 5.88. The summed E-state index contributed by atoms with van der Waals surface area (Å²) >= 11 is 6.58. The number of hydrogen-bond donors (Lipinski definition) is 1. The third kappa shape index (κ3) is 2.98. The maximum atomic E-state index is 12.3. The van der Waals surface area contributed by atoms with E-state index < -0.39 is 0 Å². The Balaban J connectivity index is 2.31. The Hall–Kier alpha value is -1.33. The highest BCUT2D eigenvalue weighted by molar-refractivity contribution is 8.26. The standard InChI is InChI=1S/C14H15NO2S2/c1-14(2,3)15-12(17)11(19-13(15)18)8-9-4-6-10(16)7-5-9/h4-8,16H,1-3H3. The molecule has 0 atom stereocenters. The summed E-state index contributed by atoms with van der Waals surface area (Å²) in [5.41, 5.74) is 0.554. The smallest absolute Gasteiger partial charge is 0.266 e. The first-order valence-corrected chi connectivity index (χ1v) is 7.08. The van der Waals surface area contributed by atoms with E-state index in [1.165, 1.54) is 11.8 Å². The summed E-state index contributed by atoms with van der Waals surface area (Å²) in [4.78, 5) is 14.6. The van der Waals surface area contributed by atoms with E-state index in [0.29, 0.717) is 9.23 Å². The van der Waals surface area contributed by atoms with Crippen molar-refractivity contribution in [1.82, 2.24) is 4.90 Å². The molecule has 0 radical (unpaired) electrons. The maximum absolute atomic E-state index is 12.3. The minimum atomic E-state index is -0.314. The Morgan fingerprint density at radius 3 is 2.32 bits per heavy atom. The van der Waals surface area contributed by atoms with Crippen LogP contribution in [0.3, 0.4) is 0 Å². The number of aromatic hydroxyl groups is 1. The zero-order valence-electron chi connectivity index (χ0n) is 11.0. The molecule has 1 aliphatic rings. The Labute approximate surface area is 122 Å². The van der Waals surface area contributed by atoms with Gasteiger partial charge in [0.2, 0.25) is 0 Å². The number of nitrogens with zero attached hydrogens (tertiary/aromatic N) is 1. The van der Waals surface area contributed by atoms with E-state index in [1.54, 1.807) is 35.2 Å². The number of carbonyl (C=O) groups excluding carboxylic acids is 1. The van der Waals surface area contributed by atoms with Crippen molar-refractivity contribution in [2.75, 3.05) is 0 Å². The molecule has 19 heavy (non-hydrogen) atoms. The number of phenolic OH excluding ortho intramolecular Hbond substituents is 1. The number of phenols is 1. The van der Waals surface area contributed by atoms with Gasteiger partial charge >= 0.3 is 0 Å². The molecule has 1 heterocycles. The van der Waals surface area contributed by atoms with Crippen LogP contribution < -0.4 is 0 Å². The van der Waals surface area contributed by atoms with Gasteiger partial charge in [0.05, 0.1) is 4.91 Å². The molecule has 0 aliphatic carbocycles. The molecular weight excluding hydrogens is 278 g/mol. The van der Waals surface area contributed by atoms with Crippen LogP contribution in [0.5, 0.6) is 5.75 Å². The van der Waals surface area contributed by atoms with Crippen molar-refractivity contribution in [2.24, 2.45) is 0 Å². The summed E-state index contributed by atoms with van der Waals surface area (Å²) in [6, 6.07) is 6.71. The molecule has 1 aromatic rings. The van der Waals surface area contributed by atoms with Crippen molar-refractivity contribution in [2.45, 2.75) is 26.3 Å². The molecule has 3 nitrogen and oxygen atoms in total. The Kier molecular flexibility index (Phi) is 3.69. The van der Waals surface area contributed by atoms with E-state index in [2.05, 4.69) is 0 Å². The molecule has 1 aliphatic heterocycles. The normalized spacial score (nSPS) is 18.5. The van der Waals surface area contributed by atoms with Crippen LogP contribution in [0.15, 0.2) is 29.2 Å². The fourth-order valence-corrected chi connectivity index (χ4v) is 3.40. The van der Waals surface area contributed by atoms with Gasteiger partial charge in [0.1, 0.15) is 10.1 Å². The average molecular weight is 293 g/mol. The molecule has 2 rings (SSSR count). The van der Waals surface area contributed by atoms with Crippen LogP contribution in [0.4, 0.5) is 0 Å². The van der Waals surface area contributed by atoms with Crippen LogP contribution in [0, 0.1) is 0 Å². The minimum absolute atomic E-state index is 0.0597. The van der Waals surface area contributed by atoms with Crippen LogP contribution in [-0.4, -0.2) is 25.8 Å². The highest BCUT2D eigenvalue weighted by Gasteiger charge is 2.38. The third-order valence-corrected chi connectivity index (χ3v) is 3.96. The molecule has 1 saturated heterocycles. The van der Waals surface area contributed by atoms with Crippen molar-refractivity contribution < 1.29 is 9.90 Å². The maximum Gasteiger partial charge on any atom is 0.266 e. The second-order valence-electron chi connectivity index (χ2n) is 5.28. The van der Waals surface area contributed by atoms with Gasteiger partial charge < -0.3 is 5.11 Å². The van der Waals surface area contributed by atoms with Crippen molar-refractivity contribution in [3.8, 4) is 5.75 Å². The lowest BCUT2D eigenvalue weighted by molar-refractivity contribution is -0.125. The van der Waals surface area contributed by atoms with Crippen LogP contribution in [0.25, 0.3) is 6.08 Å². The monoisotopic (exact) mass is 293 g/mol. The molecule has 0 aromatic heterocycles. The molecule has 5 heteroatoms. The summed E-state index contributed by atoms with van der Waals surface area (Å²) in [5.74, 6) is 0.148. The Morgan fingerprint density at radius 2 is 1.84 bits per heavy atom. The first kappa shape index (κ1) is 14.1. The second-order valence-corrected chi connectivity index (χ2v) is 6.96. The van der Waals surface area contributed by atoms with Crippen molar-refractivity contribution in [1.29, 1.82) is 0 Å². The molecule has 0 unspecified atom stereocenters. The lowest BCUT2D eigenvalue weighted by atomic mass is 10.1. The molecule has 0 bridgehead atoms. The van der Waals surface area contributed by atoms with Crippen LogP contribution in [0.2, 0.25) is 0 Å². The molecular formula is C14H15NO2S2. The van der Waals surface area contributed by atoms with Crippen LogP contribution in [-0.2, 0) is 4.79 Å². The SMILES string of the molecule is CC(C)(C)N1C(=O)C(=Cc2ccc(O)cc2)SC1=S. The fraction of sp³-hybridized carbons (Fsp3) is 0.286. The highest BCUT2D eigenvalue weighted by atomic mass is 32.2. The number of hydrogen-bond acceptors (Lipinski definition) is 4. The molecule has 1 aromatic carbocycles. The number of benzene rings is 1. The number of carbonyl (C=O) groups is 1. The van der Waals surface area contributed by atoms with E-state index in [-0.39, 0.29) is 17.2 Å². The quantitative estimate of drug-likeness (QED) is 0.636. The minimum Gasteiger partial charge on any atom is -0.508 e. The number of thioether (sulfide) groups is 1. The third-order valence-electron chi connectivity index (χ3n) is 2.66. The lowest BCUT2D eigenvalue weighted by Crippen LogP contribution is -2.44. The van der Waals surface area contributed by atoms with Gasteiger partial charge in [-0.15, -0.1) is 0 Å². The van der Waals surface area contributed by atoms with E-state index in [1.807, 2.05) is 20.8 Å². The van der Waals surface area contributed by atoms with E-state index in [9.17, 15) is 9.90 Å². The molecule has 0 spiro atoms. The lowest BCUT2D eigenvalue weighted by Gasteiger charge is -2.30. The van der Waals surface area contributed by atoms with Crippen molar-refractivity contribution in [3.63, 3.8) is 0 Å². The average Bonchev–Trinajstić information content (AvgIpc) is 2.56. The summed E-state index contributed by atoms with van der Waals surface area (Å²) in [6.07, 6.45) is 1.80. The molecule has 1 amide bonds. The molecule has 1 fully saturated rings. The highest BCUT2D eigenvalue weighted by Crippen LogP contribution is 2.36. The first-order chi connectivity index (χ1) is 8.79. The van der Waals surface area contributed by atoms with Crippen LogP contribution in [0.1, 0.15) is 26.3 Å². The van der Waals surface area contributed by atoms with Crippen LogP contribution >= 0.6 is 24.0 Å². The summed E-state index contributed by atoms with van der Waals surface area (Å²) in [7, 11) is 0. The molecule has 1 N–H and O–H groups in total. The summed E-state index contributed by atoms with van der Waals surface area (Å²) < 4.78 is 0.586. The Bertz CT molecular complexity index is 556. The van der Waals surface area contributed by atoms with Gasteiger partial charge in [-0.1, -0.05) is 36.1 Å². The summed E-state index contributed by atoms with van der Waals surface area (Å²) in [5, 5.41) is 9.24. The first-order valence-electron chi connectivity index (χ1n) is 5.86. The molecule has 0 saturated carbocycles. The number of thiocarbonyl (C=S) groups is 1. The van der Waals surface area contributed by atoms with E-state index in [0.717, 1.165) is 5.56 Å². The predicted octanol–water partition coefficient (Wildman–Crippen LogP) is 3.39. The fourth-order valence-electron chi connectivity index (χ4n) is 1.77. The zero-order valence-corrected chi connectivity index (χ0v) is 12.6. The largest absolute Gasteiger partial charge is 0.508 e. The Morgan fingerprint density at radius 1 is 1.26 bits per heavy atom. The van der Waals surface area contributed by atoms with Gasteiger partial charge in [-0.05, 0) is 44.5 Å². The van der Waals surface area contributed by atoms with Gasteiger partial charge in [-0.2, -0.15) is 0 Å². The van der Waals surface area contributed by atoms with Crippen molar-refractivity contribution >= 4 is 40.3 Å². The number of rotatable bonds is 1. The van der Waals surface area contributed by atoms with Crippen molar-refractivity contribution in [3.05, 3.63) is 34.7 Å². The molecule has 100 valence electrons. The predicted molar refractivity (Wildman–Crippen MR) is 82.9 cm³/mol. The topological polar surface area (TPSA) is 40.5 Å². The van der Waals surface area contributed by atoms with Gasteiger partial charge in [-0.3, -0.25) is 9.69 Å². The van der Waals surface area contributed by atoms with Gasteiger partial charge in [0.15, 0.2) is 0 Å². The zero-order chi connectivity index (χ0) is 14.2. The van der Waals surface area contributed by atoms with Gasteiger partial charge in [-0.25, -0.2) is 0 Å². The van der Waals surface area contributed by atoms with Gasteiger partial charge in [0.25, 0.3) is 5.91 Å².